The molecule has 1 spiro atoms. The number of carbonyl (C=O) groups is 1. The molecule has 7 heteroatoms. The van der Waals surface area contributed by atoms with Gasteiger partial charge in [-0.15, -0.1) is 0 Å². The van der Waals surface area contributed by atoms with Crippen LogP contribution < -0.4 is 5.56 Å². The van der Waals surface area contributed by atoms with E-state index < -0.39 is 5.82 Å². The van der Waals surface area contributed by atoms with Gasteiger partial charge in [-0.1, -0.05) is 0 Å². The number of benzene rings is 1. The Balaban J connectivity index is 1.60. The van der Waals surface area contributed by atoms with Gasteiger partial charge in [-0.05, 0) is 43.2 Å². The smallest absolute Gasteiger partial charge is 0.274 e. The molecule has 0 N–H and O–H groups in total. The number of carbonyl (C=O) groups excluding carboxylic acids is 1. The number of hydrogen-bond donors (Lipinski definition) is 0. The summed E-state index contributed by atoms with van der Waals surface area (Å²) in [4.78, 5) is 26.6. The van der Waals surface area contributed by atoms with E-state index >= 15 is 0 Å². The minimum atomic E-state index is -0.398. The lowest BCUT2D eigenvalue weighted by Gasteiger charge is -2.21. The first-order valence-electron chi connectivity index (χ1n) is 8.30. The summed E-state index contributed by atoms with van der Waals surface area (Å²) in [6.07, 6.45) is 1.90. The lowest BCUT2D eigenvalue weighted by Crippen LogP contribution is -2.34. The van der Waals surface area contributed by atoms with Crippen LogP contribution >= 0.6 is 0 Å². The van der Waals surface area contributed by atoms with Gasteiger partial charge >= 0.3 is 0 Å². The number of amides is 1. The van der Waals surface area contributed by atoms with E-state index in [0.717, 1.165) is 24.1 Å². The van der Waals surface area contributed by atoms with Crippen LogP contribution in [0.5, 0.6) is 0 Å². The second kappa shape index (κ2) is 6.07. The molecular formula is C18H18FN3O3. The Hall–Kier alpha value is -2.54. The lowest BCUT2D eigenvalue weighted by molar-refractivity contribution is 0.0758. The Morgan fingerprint density at radius 1 is 1.16 bits per heavy atom. The average molecular weight is 343 g/mol. The van der Waals surface area contributed by atoms with Gasteiger partial charge in [0.2, 0.25) is 0 Å². The molecule has 1 atom stereocenters. The van der Waals surface area contributed by atoms with Gasteiger partial charge in [-0.2, -0.15) is 9.78 Å². The quantitative estimate of drug-likeness (QED) is 0.831. The molecule has 0 radical (unpaired) electrons. The molecule has 25 heavy (non-hydrogen) atoms. The van der Waals surface area contributed by atoms with Crippen molar-refractivity contribution in [2.45, 2.75) is 12.8 Å². The van der Waals surface area contributed by atoms with E-state index in [-0.39, 0.29) is 22.6 Å². The Kier molecular flexibility index (Phi) is 3.88. The van der Waals surface area contributed by atoms with Crippen molar-refractivity contribution >= 4 is 5.91 Å². The minimum absolute atomic E-state index is 0.0705. The third-order valence-electron chi connectivity index (χ3n) is 5.00. The minimum Gasteiger partial charge on any atom is -0.381 e. The van der Waals surface area contributed by atoms with Crippen molar-refractivity contribution < 1.29 is 13.9 Å². The van der Waals surface area contributed by atoms with Gasteiger partial charge in [0.15, 0.2) is 0 Å². The Morgan fingerprint density at radius 3 is 2.68 bits per heavy atom. The number of nitrogens with zero attached hydrogens (tertiary/aromatic N) is 3. The monoisotopic (exact) mass is 343 g/mol. The number of ether oxygens (including phenoxy) is 1. The molecule has 6 nitrogen and oxygen atoms in total. The largest absolute Gasteiger partial charge is 0.381 e. The Bertz CT molecular complexity index is 857. The zero-order valence-electron chi connectivity index (χ0n) is 13.7. The second-order valence-corrected chi connectivity index (χ2v) is 6.72. The molecule has 1 amide bonds. The summed E-state index contributed by atoms with van der Waals surface area (Å²) in [5.74, 6) is -0.593. The van der Waals surface area contributed by atoms with Crippen LogP contribution in [-0.2, 0) is 4.74 Å². The molecule has 3 heterocycles. The summed E-state index contributed by atoms with van der Waals surface area (Å²) in [7, 11) is 0. The van der Waals surface area contributed by atoms with Crippen molar-refractivity contribution in [2.75, 3.05) is 26.3 Å². The van der Waals surface area contributed by atoms with Crippen molar-refractivity contribution in [1.29, 1.82) is 0 Å². The number of likely N-dealkylation sites (tertiary alicyclic amines) is 1. The zero-order chi connectivity index (χ0) is 17.4. The molecule has 0 unspecified atom stereocenters. The second-order valence-electron chi connectivity index (χ2n) is 6.72. The van der Waals surface area contributed by atoms with Crippen LogP contribution in [0, 0.1) is 11.2 Å². The van der Waals surface area contributed by atoms with Gasteiger partial charge in [-0.3, -0.25) is 9.59 Å². The molecule has 0 saturated carbocycles. The lowest BCUT2D eigenvalue weighted by atomic mass is 9.87. The van der Waals surface area contributed by atoms with Crippen molar-refractivity contribution in [2.24, 2.45) is 5.41 Å². The highest BCUT2D eigenvalue weighted by molar-refractivity contribution is 5.92. The van der Waals surface area contributed by atoms with Crippen LogP contribution in [0.25, 0.3) is 5.69 Å². The summed E-state index contributed by atoms with van der Waals surface area (Å²) >= 11 is 0. The molecule has 2 aliphatic heterocycles. The Labute approximate surface area is 143 Å². The first kappa shape index (κ1) is 16.0. The molecule has 2 aromatic rings. The molecule has 1 aromatic carbocycles. The topological polar surface area (TPSA) is 64.4 Å². The fourth-order valence-corrected chi connectivity index (χ4v) is 3.53. The van der Waals surface area contributed by atoms with Crippen molar-refractivity contribution in [1.82, 2.24) is 14.7 Å². The number of rotatable bonds is 2. The molecule has 130 valence electrons. The van der Waals surface area contributed by atoms with E-state index in [1.807, 2.05) is 0 Å². The number of aromatic nitrogens is 2. The van der Waals surface area contributed by atoms with Gasteiger partial charge in [-0.25, -0.2) is 4.39 Å². The summed E-state index contributed by atoms with van der Waals surface area (Å²) in [5.41, 5.74) is 0.328. The van der Waals surface area contributed by atoms with Crippen LogP contribution in [0.3, 0.4) is 0 Å². The summed E-state index contributed by atoms with van der Waals surface area (Å²) in [6.45, 7) is 2.76. The van der Waals surface area contributed by atoms with Crippen molar-refractivity contribution in [3.63, 3.8) is 0 Å². The maximum absolute atomic E-state index is 13.1. The first-order chi connectivity index (χ1) is 12.1. The van der Waals surface area contributed by atoms with E-state index in [1.165, 1.54) is 36.4 Å². The number of hydrogen-bond acceptors (Lipinski definition) is 4. The number of halogens is 1. The highest BCUT2D eigenvalue weighted by Gasteiger charge is 2.43. The third-order valence-corrected chi connectivity index (χ3v) is 5.00. The standard InChI is InChI=1S/C18H18FN3O3/c19-13-1-3-14(4-2-13)22-16(23)6-5-15(20-22)17(24)21-9-7-18(11-21)8-10-25-12-18/h1-6H,7-12H2/t18-/m1/s1. The fraction of sp³-hybridized carbons (Fsp3) is 0.389. The molecule has 2 aliphatic rings. The van der Waals surface area contributed by atoms with Gasteiger partial charge in [0.05, 0.1) is 12.3 Å². The highest BCUT2D eigenvalue weighted by atomic mass is 19.1. The van der Waals surface area contributed by atoms with Gasteiger partial charge in [0.25, 0.3) is 11.5 Å². The highest BCUT2D eigenvalue weighted by Crippen LogP contribution is 2.38. The first-order valence-corrected chi connectivity index (χ1v) is 8.30. The van der Waals surface area contributed by atoms with Crippen LogP contribution in [0.15, 0.2) is 41.2 Å². The molecule has 4 rings (SSSR count). The van der Waals surface area contributed by atoms with Crippen LogP contribution in [-0.4, -0.2) is 46.9 Å². The van der Waals surface area contributed by atoms with E-state index in [1.54, 1.807) is 4.90 Å². The predicted octanol–water partition coefficient (Wildman–Crippen LogP) is 1.62. The molecule has 0 bridgehead atoms. The van der Waals surface area contributed by atoms with Crippen LogP contribution in [0.4, 0.5) is 4.39 Å². The maximum atomic E-state index is 13.1. The zero-order valence-corrected chi connectivity index (χ0v) is 13.7. The van der Waals surface area contributed by atoms with Crippen molar-refractivity contribution in [3.8, 4) is 5.69 Å². The van der Waals surface area contributed by atoms with E-state index in [0.29, 0.717) is 25.4 Å². The van der Waals surface area contributed by atoms with Crippen LogP contribution in [0.2, 0.25) is 0 Å². The van der Waals surface area contributed by atoms with E-state index in [4.69, 9.17) is 4.74 Å². The summed E-state index contributed by atoms with van der Waals surface area (Å²) in [6, 6.07) is 8.18. The van der Waals surface area contributed by atoms with E-state index in [9.17, 15) is 14.0 Å². The normalized spacial score (nSPS) is 22.7. The van der Waals surface area contributed by atoms with Crippen LogP contribution in [0.1, 0.15) is 23.3 Å². The van der Waals surface area contributed by atoms with Gasteiger partial charge < -0.3 is 9.64 Å². The molecule has 1 aromatic heterocycles. The fourth-order valence-electron chi connectivity index (χ4n) is 3.53. The van der Waals surface area contributed by atoms with E-state index in [2.05, 4.69) is 5.10 Å². The molecular weight excluding hydrogens is 325 g/mol. The summed E-state index contributed by atoms with van der Waals surface area (Å²) in [5, 5.41) is 4.19. The van der Waals surface area contributed by atoms with Gasteiger partial charge in [0.1, 0.15) is 11.5 Å². The van der Waals surface area contributed by atoms with Gasteiger partial charge in [0, 0.05) is 31.2 Å². The third kappa shape index (κ3) is 2.95. The predicted molar refractivity (Wildman–Crippen MR) is 88.2 cm³/mol. The molecule has 0 aliphatic carbocycles. The summed E-state index contributed by atoms with van der Waals surface area (Å²) < 4.78 is 19.7. The molecule has 2 saturated heterocycles. The van der Waals surface area contributed by atoms with Crippen molar-refractivity contribution in [3.05, 3.63) is 58.3 Å². The SMILES string of the molecule is O=C(c1ccc(=O)n(-c2ccc(F)cc2)n1)N1CC[C@@]2(CCOC2)C1. The molecule has 2 fully saturated rings. The maximum Gasteiger partial charge on any atom is 0.274 e. The Morgan fingerprint density at radius 2 is 1.96 bits per heavy atom. The average Bonchev–Trinajstić information content (AvgIpc) is 3.26.